The van der Waals surface area contributed by atoms with Crippen LogP contribution in [0, 0.1) is 19.7 Å². The van der Waals surface area contributed by atoms with Crippen molar-refractivity contribution in [2.45, 2.75) is 13.8 Å². The van der Waals surface area contributed by atoms with E-state index in [1.165, 1.54) is 31.0 Å². The van der Waals surface area contributed by atoms with E-state index in [-0.39, 0.29) is 17.7 Å². The minimum absolute atomic E-state index is 0.233. The molecule has 1 aromatic heterocycles. The Bertz CT molecular complexity index is 1260. The number of nitrogens with one attached hydrogen (secondary N) is 1. The monoisotopic (exact) mass is 449 g/mol. The van der Waals surface area contributed by atoms with Gasteiger partial charge in [0, 0.05) is 17.1 Å². The maximum absolute atomic E-state index is 13.1. The second-order valence-electron chi connectivity index (χ2n) is 7.16. The van der Waals surface area contributed by atoms with Gasteiger partial charge in [-0.1, -0.05) is 0 Å². The summed E-state index contributed by atoms with van der Waals surface area (Å²) in [7, 11) is 1.35. The first kappa shape index (κ1) is 21.6. The molecule has 1 aliphatic heterocycles. The minimum Gasteiger partial charge on any atom is -0.465 e. The van der Waals surface area contributed by atoms with Crippen molar-refractivity contribution in [2.24, 2.45) is 4.99 Å². The van der Waals surface area contributed by atoms with Gasteiger partial charge >= 0.3 is 5.97 Å². The molecule has 32 heavy (non-hydrogen) atoms. The first-order valence-corrected chi connectivity index (χ1v) is 10.6. The van der Waals surface area contributed by atoms with E-state index in [1.807, 2.05) is 38.1 Å². The fourth-order valence-corrected chi connectivity index (χ4v) is 4.28. The number of hydrogen-bond donors (Lipinski definition) is 1. The van der Waals surface area contributed by atoms with E-state index in [0.717, 1.165) is 22.6 Å². The van der Waals surface area contributed by atoms with Crippen LogP contribution in [0.2, 0.25) is 0 Å². The molecular weight excluding hydrogens is 429 g/mol. The maximum Gasteiger partial charge on any atom is 0.337 e. The van der Waals surface area contributed by atoms with Crippen molar-refractivity contribution < 1.29 is 18.7 Å². The molecule has 3 aromatic rings. The quantitative estimate of drug-likeness (QED) is 0.454. The lowest BCUT2D eigenvalue weighted by atomic mass is 10.2. The molecule has 162 valence electrons. The van der Waals surface area contributed by atoms with Crippen LogP contribution in [0.1, 0.15) is 27.3 Å². The summed E-state index contributed by atoms with van der Waals surface area (Å²) in [6.45, 7) is 3.95. The van der Waals surface area contributed by atoms with Gasteiger partial charge in [0.05, 0.1) is 23.3 Å². The third-order valence-corrected chi connectivity index (χ3v) is 5.92. The number of thioether (sulfide) groups is 1. The van der Waals surface area contributed by atoms with E-state index in [9.17, 15) is 14.0 Å². The molecule has 0 atom stereocenters. The van der Waals surface area contributed by atoms with Crippen LogP contribution in [0.3, 0.4) is 0 Å². The smallest absolute Gasteiger partial charge is 0.337 e. The Hall–Kier alpha value is -3.65. The number of amidine groups is 1. The molecule has 0 unspecified atom stereocenters. The van der Waals surface area contributed by atoms with Crippen LogP contribution in [0.4, 0.5) is 10.1 Å². The SMILES string of the molecule is COC(=O)c1ccc(-n2c(C)cc(/C=C3/SC(=Nc4ccc(F)cc4)NC3=O)c2C)cc1. The van der Waals surface area contributed by atoms with Gasteiger partial charge in [-0.15, -0.1) is 0 Å². The molecule has 4 rings (SSSR count). The van der Waals surface area contributed by atoms with Gasteiger partial charge < -0.3 is 14.6 Å². The minimum atomic E-state index is -0.384. The number of amides is 1. The Morgan fingerprint density at radius 2 is 1.81 bits per heavy atom. The number of halogens is 1. The third kappa shape index (κ3) is 4.36. The average Bonchev–Trinajstić information content (AvgIpc) is 3.27. The van der Waals surface area contributed by atoms with Crippen molar-refractivity contribution in [3.05, 3.63) is 87.8 Å². The molecule has 8 heteroatoms. The summed E-state index contributed by atoms with van der Waals surface area (Å²) in [6.07, 6.45) is 1.83. The fourth-order valence-electron chi connectivity index (χ4n) is 3.45. The highest BCUT2D eigenvalue weighted by atomic mass is 32.2. The van der Waals surface area contributed by atoms with E-state index >= 15 is 0 Å². The van der Waals surface area contributed by atoms with E-state index in [1.54, 1.807) is 24.3 Å². The zero-order valence-corrected chi connectivity index (χ0v) is 18.5. The lowest BCUT2D eigenvalue weighted by Crippen LogP contribution is -2.19. The van der Waals surface area contributed by atoms with Crippen LogP contribution in [-0.2, 0) is 9.53 Å². The molecule has 0 spiro atoms. The number of carbonyl (C=O) groups is 2. The molecule has 6 nitrogen and oxygen atoms in total. The second-order valence-corrected chi connectivity index (χ2v) is 8.19. The van der Waals surface area contributed by atoms with Crippen molar-refractivity contribution in [1.82, 2.24) is 9.88 Å². The molecule has 2 aromatic carbocycles. The Morgan fingerprint density at radius 3 is 2.47 bits per heavy atom. The molecule has 1 N–H and O–H groups in total. The fraction of sp³-hybridized carbons (Fsp3) is 0.125. The highest BCUT2D eigenvalue weighted by Crippen LogP contribution is 2.30. The number of aromatic nitrogens is 1. The molecule has 1 saturated heterocycles. The van der Waals surface area contributed by atoms with E-state index in [0.29, 0.717) is 21.3 Å². The number of methoxy groups -OCH3 is 1. The molecule has 1 amide bonds. The van der Waals surface area contributed by atoms with Gasteiger partial charge in [0.25, 0.3) is 5.91 Å². The van der Waals surface area contributed by atoms with Crippen LogP contribution < -0.4 is 5.32 Å². The van der Waals surface area contributed by atoms with Crippen molar-refractivity contribution in [3.8, 4) is 5.69 Å². The Labute approximate surface area is 188 Å². The number of aliphatic imine (C=N–C) groups is 1. The van der Waals surface area contributed by atoms with Crippen LogP contribution in [0.5, 0.6) is 0 Å². The van der Waals surface area contributed by atoms with Crippen molar-refractivity contribution in [3.63, 3.8) is 0 Å². The summed E-state index contributed by atoms with van der Waals surface area (Å²) < 4.78 is 19.9. The number of aryl methyl sites for hydroxylation is 1. The van der Waals surface area contributed by atoms with Gasteiger partial charge in [0.1, 0.15) is 5.82 Å². The summed E-state index contributed by atoms with van der Waals surface area (Å²) in [4.78, 5) is 29.0. The number of benzene rings is 2. The number of nitrogens with zero attached hydrogens (tertiary/aromatic N) is 2. The Morgan fingerprint density at radius 1 is 1.12 bits per heavy atom. The summed E-state index contributed by atoms with van der Waals surface area (Å²) in [5.41, 5.74) is 4.79. The molecule has 0 radical (unpaired) electrons. The van der Waals surface area contributed by atoms with Gasteiger partial charge in [-0.3, -0.25) is 4.79 Å². The molecule has 1 aliphatic rings. The van der Waals surface area contributed by atoms with Gasteiger partial charge in [-0.25, -0.2) is 14.2 Å². The largest absolute Gasteiger partial charge is 0.465 e. The maximum atomic E-state index is 13.1. The molecule has 2 heterocycles. The first-order valence-electron chi connectivity index (χ1n) is 9.78. The predicted octanol–water partition coefficient (Wildman–Crippen LogP) is 4.91. The normalized spacial score (nSPS) is 15.9. The van der Waals surface area contributed by atoms with Gasteiger partial charge in [-0.2, -0.15) is 0 Å². The number of esters is 1. The number of rotatable bonds is 4. The standard InChI is InChI=1S/C24H20FN3O3S/c1-14-12-17(15(2)28(14)20-10-4-16(5-11-20)23(30)31-3)13-21-22(29)27-24(32-21)26-19-8-6-18(25)7-9-19/h4-13H,1-3H3,(H,26,27,29)/b21-13+. The van der Waals surface area contributed by atoms with E-state index in [4.69, 9.17) is 4.74 Å². The average molecular weight is 450 g/mol. The van der Waals surface area contributed by atoms with Crippen LogP contribution in [-0.4, -0.2) is 28.7 Å². The predicted molar refractivity (Wildman–Crippen MR) is 124 cm³/mol. The summed E-state index contributed by atoms with van der Waals surface area (Å²) >= 11 is 1.24. The third-order valence-electron chi connectivity index (χ3n) is 5.01. The molecule has 0 saturated carbocycles. The van der Waals surface area contributed by atoms with E-state index < -0.39 is 0 Å². The van der Waals surface area contributed by atoms with Crippen LogP contribution >= 0.6 is 11.8 Å². The van der Waals surface area contributed by atoms with Crippen molar-refractivity contribution in [1.29, 1.82) is 0 Å². The van der Waals surface area contributed by atoms with Crippen molar-refractivity contribution >= 4 is 40.6 Å². The first-order chi connectivity index (χ1) is 15.4. The topological polar surface area (TPSA) is 72.7 Å². The van der Waals surface area contributed by atoms with Crippen LogP contribution in [0.15, 0.2) is 64.5 Å². The van der Waals surface area contributed by atoms with Gasteiger partial charge in [0.2, 0.25) is 0 Å². The Balaban J connectivity index is 1.60. The number of hydrogen-bond acceptors (Lipinski definition) is 5. The van der Waals surface area contributed by atoms with Gasteiger partial charge in [0.15, 0.2) is 5.17 Å². The number of ether oxygens (including phenoxy) is 1. The number of carbonyl (C=O) groups excluding carboxylic acids is 2. The summed E-state index contributed by atoms with van der Waals surface area (Å²) in [5, 5.41) is 3.19. The zero-order valence-electron chi connectivity index (χ0n) is 17.7. The van der Waals surface area contributed by atoms with E-state index in [2.05, 4.69) is 14.9 Å². The Kier molecular flexibility index (Phi) is 5.96. The van der Waals surface area contributed by atoms with Gasteiger partial charge in [-0.05, 0) is 91.8 Å². The lowest BCUT2D eigenvalue weighted by molar-refractivity contribution is -0.115. The second kappa shape index (κ2) is 8.84. The molecule has 1 fully saturated rings. The molecular formula is C24H20FN3O3S. The highest BCUT2D eigenvalue weighted by molar-refractivity contribution is 8.18. The van der Waals surface area contributed by atoms with Crippen molar-refractivity contribution in [2.75, 3.05) is 7.11 Å². The lowest BCUT2D eigenvalue weighted by Gasteiger charge is -2.10. The van der Waals surface area contributed by atoms with Crippen LogP contribution in [0.25, 0.3) is 11.8 Å². The molecule has 0 bridgehead atoms. The summed E-state index contributed by atoms with van der Waals surface area (Å²) in [5.74, 6) is -0.957. The highest BCUT2D eigenvalue weighted by Gasteiger charge is 2.24. The molecule has 0 aliphatic carbocycles. The summed E-state index contributed by atoms with van der Waals surface area (Å²) in [6, 6.07) is 14.9. The zero-order chi connectivity index (χ0) is 22.8.